The summed E-state index contributed by atoms with van der Waals surface area (Å²) in [7, 11) is 0. The van der Waals surface area contributed by atoms with E-state index in [-0.39, 0.29) is 0 Å². The Bertz CT molecular complexity index is 297. The number of pyridine rings is 1. The minimum Gasteiger partial charge on any atom is -0.242 e. The molecule has 0 aromatic carbocycles. The summed E-state index contributed by atoms with van der Waals surface area (Å²) < 4.78 is 0. The summed E-state index contributed by atoms with van der Waals surface area (Å²) in [6.45, 7) is 8.05. The molecule has 0 aliphatic heterocycles. The van der Waals surface area contributed by atoms with Crippen molar-refractivity contribution in [2.45, 2.75) is 34.1 Å². The summed E-state index contributed by atoms with van der Waals surface area (Å²) in [5.41, 5.74) is 2.68. The van der Waals surface area contributed by atoms with Crippen LogP contribution < -0.4 is 0 Å². The maximum absolute atomic E-state index is 8.54. The second-order valence-electron chi connectivity index (χ2n) is 2.43. The molecule has 0 radical (unpaired) electrons. The third-order valence-electron chi connectivity index (χ3n) is 1.65. The molecule has 70 valence electrons. The molecule has 0 spiro atoms. The van der Waals surface area contributed by atoms with E-state index < -0.39 is 0 Å². The van der Waals surface area contributed by atoms with Gasteiger partial charge in [0.05, 0.1) is 0 Å². The van der Waals surface area contributed by atoms with Gasteiger partial charge < -0.3 is 0 Å². The SMILES string of the molecule is CC.CCc1nc(C#N)ccc1C. The first-order valence-corrected chi connectivity index (χ1v) is 4.64. The van der Waals surface area contributed by atoms with Crippen LogP contribution in [-0.2, 0) is 6.42 Å². The molecule has 1 rings (SSSR count). The molecule has 0 N–H and O–H groups in total. The van der Waals surface area contributed by atoms with E-state index in [2.05, 4.69) is 4.98 Å². The highest BCUT2D eigenvalue weighted by molar-refractivity contribution is 5.27. The van der Waals surface area contributed by atoms with Gasteiger partial charge in [-0.15, -0.1) is 0 Å². The fourth-order valence-electron chi connectivity index (χ4n) is 0.991. The summed E-state index contributed by atoms with van der Waals surface area (Å²) in [5, 5.41) is 8.54. The smallest absolute Gasteiger partial charge is 0.140 e. The van der Waals surface area contributed by atoms with Crippen molar-refractivity contribution in [3.63, 3.8) is 0 Å². The number of nitriles is 1. The van der Waals surface area contributed by atoms with E-state index in [1.165, 1.54) is 0 Å². The number of rotatable bonds is 1. The van der Waals surface area contributed by atoms with Crippen LogP contribution in [0, 0.1) is 18.3 Å². The number of hydrogen-bond donors (Lipinski definition) is 0. The van der Waals surface area contributed by atoms with Gasteiger partial charge in [0.15, 0.2) is 0 Å². The van der Waals surface area contributed by atoms with Crippen molar-refractivity contribution in [3.8, 4) is 6.07 Å². The van der Waals surface area contributed by atoms with Crippen LogP contribution in [0.3, 0.4) is 0 Å². The lowest BCUT2D eigenvalue weighted by atomic mass is 10.1. The molecule has 0 aliphatic rings. The lowest BCUT2D eigenvalue weighted by Gasteiger charge is -1.99. The molecule has 0 fully saturated rings. The molecule has 2 nitrogen and oxygen atoms in total. The number of aryl methyl sites for hydroxylation is 2. The first kappa shape index (κ1) is 11.6. The Morgan fingerprint density at radius 2 is 2.00 bits per heavy atom. The van der Waals surface area contributed by atoms with Crippen molar-refractivity contribution in [2.75, 3.05) is 0 Å². The fourth-order valence-corrected chi connectivity index (χ4v) is 0.991. The molecule has 0 bridgehead atoms. The Labute approximate surface area is 80.2 Å². The van der Waals surface area contributed by atoms with Crippen molar-refractivity contribution < 1.29 is 0 Å². The first-order valence-electron chi connectivity index (χ1n) is 4.64. The standard InChI is InChI=1S/C9H10N2.C2H6/c1-3-9-7(2)4-5-8(6-10)11-9;1-2/h4-5H,3H2,1-2H3;1-2H3. The maximum Gasteiger partial charge on any atom is 0.140 e. The first-order chi connectivity index (χ1) is 6.27. The fraction of sp³-hybridized carbons (Fsp3) is 0.455. The van der Waals surface area contributed by atoms with Crippen LogP contribution in [0.1, 0.15) is 37.7 Å². The van der Waals surface area contributed by atoms with Crippen LogP contribution in [-0.4, -0.2) is 4.98 Å². The number of hydrogen-bond acceptors (Lipinski definition) is 2. The van der Waals surface area contributed by atoms with Crippen molar-refractivity contribution >= 4 is 0 Å². The highest BCUT2D eigenvalue weighted by atomic mass is 14.7. The van der Waals surface area contributed by atoms with Crippen LogP contribution in [0.15, 0.2) is 12.1 Å². The van der Waals surface area contributed by atoms with Gasteiger partial charge in [0.25, 0.3) is 0 Å². The Balaban J connectivity index is 0.000000671. The topological polar surface area (TPSA) is 36.7 Å². The van der Waals surface area contributed by atoms with Crippen molar-refractivity contribution in [1.82, 2.24) is 4.98 Å². The van der Waals surface area contributed by atoms with Gasteiger partial charge in [-0.05, 0) is 25.0 Å². The van der Waals surface area contributed by atoms with Gasteiger partial charge in [-0.3, -0.25) is 0 Å². The van der Waals surface area contributed by atoms with E-state index in [0.717, 1.165) is 17.7 Å². The van der Waals surface area contributed by atoms with Gasteiger partial charge in [0.2, 0.25) is 0 Å². The van der Waals surface area contributed by atoms with E-state index in [9.17, 15) is 0 Å². The number of aromatic nitrogens is 1. The Morgan fingerprint density at radius 3 is 2.46 bits per heavy atom. The molecule has 1 heterocycles. The van der Waals surface area contributed by atoms with Crippen LogP contribution in [0.5, 0.6) is 0 Å². The summed E-state index contributed by atoms with van der Waals surface area (Å²) in [6.07, 6.45) is 0.890. The zero-order chi connectivity index (χ0) is 10.3. The average molecular weight is 176 g/mol. The third-order valence-corrected chi connectivity index (χ3v) is 1.65. The normalized spacial score (nSPS) is 8.23. The van der Waals surface area contributed by atoms with E-state index in [1.54, 1.807) is 6.07 Å². The third kappa shape index (κ3) is 3.25. The summed E-state index contributed by atoms with van der Waals surface area (Å²) in [5.74, 6) is 0. The number of nitrogens with zero attached hydrogens (tertiary/aromatic N) is 2. The largest absolute Gasteiger partial charge is 0.242 e. The second kappa shape index (κ2) is 6.19. The molecular formula is C11H16N2. The molecule has 0 aliphatic carbocycles. The van der Waals surface area contributed by atoms with Crippen LogP contribution in [0.2, 0.25) is 0 Å². The lowest BCUT2D eigenvalue weighted by molar-refractivity contribution is 0.998. The monoisotopic (exact) mass is 176 g/mol. The molecule has 2 heteroatoms. The highest BCUT2D eigenvalue weighted by Crippen LogP contribution is 2.05. The molecule has 13 heavy (non-hydrogen) atoms. The molecule has 1 aromatic heterocycles. The highest BCUT2D eigenvalue weighted by Gasteiger charge is 1.97. The van der Waals surface area contributed by atoms with E-state index in [1.807, 2.05) is 39.8 Å². The molecule has 0 atom stereocenters. The quantitative estimate of drug-likeness (QED) is 0.659. The predicted octanol–water partition coefficient (Wildman–Crippen LogP) is 2.85. The molecule has 0 saturated heterocycles. The predicted molar refractivity (Wildman–Crippen MR) is 54.4 cm³/mol. The van der Waals surface area contributed by atoms with Crippen molar-refractivity contribution in [2.24, 2.45) is 0 Å². The van der Waals surface area contributed by atoms with E-state index in [4.69, 9.17) is 5.26 Å². The Kier molecular flexibility index (Phi) is 5.54. The van der Waals surface area contributed by atoms with Gasteiger partial charge in [-0.1, -0.05) is 26.8 Å². The lowest BCUT2D eigenvalue weighted by Crippen LogP contribution is -1.93. The minimum absolute atomic E-state index is 0.507. The Morgan fingerprint density at radius 1 is 1.38 bits per heavy atom. The van der Waals surface area contributed by atoms with Crippen LogP contribution in [0.25, 0.3) is 0 Å². The minimum atomic E-state index is 0.507. The van der Waals surface area contributed by atoms with E-state index in [0.29, 0.717) is 5.69 Å². The maximum atomic E-state index is 8.54. The average Bonchev–Trinajstić information content (AvgIpc) is 2.22. The summed E-state index contributed by atoms with van der Waals surface area (Å²) in [6, 6.07) is 5.70. The van der Waals surface area contributed by atoms with Gasteiger partial charge in [-0.2, -0.15) is 5.26 Å². The molecule has 0 amide bonds. The zero-order valence-electron chi connectivity index (χ0n) is 8.76. The van der Waals surface area contributed by atoms with Crippen molar-refractivity contribution in [3.05, 3.63) is 29.1 Å². The van der Waals surface area contributed by atoms with Gasteiger partial charge in [0.1, 0.15) is 11.8 Å². The molecule has 1 aromatic rings. The molecule has 0 unspecified atom stereocenters. The van der Waals surface area contributed by atoms with Gasteiger partial charge >= 0.3 is 0 Å². The van der Waals surface area contributed by atoms with Gasteiger partial charge in [-0.25, -0.2) is 4.98 Å². The van der Waals surface area contributed by atoms with E-state index >= 15 is 0 Å². The second-order valence-corrected chi connectivity index (χ2v) is 2.43. The summed E-state index contributed by atoms with van der Waals surface area (Å²) >= 11 is 0. The zero-order valence-corrected chi connectivity index (χ0v) is 8.76. The van der Waals surface area contributed by atoms with Crippen LogP contribution >= 0.6 is 0 Å². The van der Waals surface area contributed by atoms with Crippen LogP contribution in [0.4, 0.5) is 0 Å². The molecule has 0 saturated carbocycles. The van der Waals surface area contributed by atoms with Gasteiger partial charge in [0, 0.05) is 5.69 Å². The molecular weight excluding hydrogens is 160 g/mol. The summed E-state index contributed by atoms with van der Waals surface area (Å²) in [4.78, 5) is 4.15. The van der Waals surface area contributed by atoms with Crippen molar-refractivity contribution in [1.29, 1.82) is 5.26 Å². The Hall–Kier alpha value is -1.36.